The van der Waals surface area contributed by atoms with Gasteiger partial charge in [0.1, 0.15) is 18.2 Å². The van der Waals surface area contributed by atoms with E-state index in [9.17, 15) is 4.79 Å². The van der Waals surface area contributed by atoms with Gasteiger partial charge in [-0.05, 0) is 50.0 Å². The highest BCUT2D eigenvalue weighted by atomic mass is 16.5. The van der Waals surface area contributed by atoms with Crippen molar-refractivity contribution in [2.45, 2.75) is 26.2 Å². The molecule has 2 heterocycles. The van der Waals surface area contributed by atoms with Gasteiger partial charge in [0, 0.05) is 25.2 Å². The van der Waals surface area contributed by atoms with Gasteiger partial charge in [-0.1, -0.05) is 6.07 Å². The van der Waals surface area contributed by atoms with Crippen molar-refractivity contribution >= 4 is 17.8 Å². The minimum Gasteiger partial charge on any atom is -0.493 e. The molecule has 0 radical (unpaired) electrons. The third kappa shape index (κ3) is 6.60. The van der Waals surface area contributed by atoms with Gasteiger partial charge in [-0.2, -0.15) is 4.98 Å². The minimum atomic E-state index is -0.203. The van der Waals surface area contributed by atoms with E-state index in [0.717, 1.165) is 24.5 Å². The Kier molecular flexibility index (Phi) is 8.09. The van der Waals surface area contributed by atoms with Gasteiger partial charge < -0.3 is 24.4 Å². The van der Waals surface area contributed by atoms with E-state index in [4.69, 9.17) is 14.2 Å². The number of hydrogen-bond donors (Lipinski definition) is 1. The van der Waals surface area contributed by atoms with Crippen LogP contribution in [0.4, 0.5) is 5.82 Å². The van der Waals surface area contributed by atoms with Gasteiger partial charge >= 0.3 is 0 Å². The fourth-order valence-corrected chi connectivity index (χ4v) is 3.40. The molecule has 8 nitrogen and oxygen atoms in total. The summed E-state index contributed by atoms with van der Waals surface area (Å²) in [5.74, 6) is 3.17. The molecule has 1 amide bonds. The molecule has 1 aliphatic rings. The summed E-state index contributed by atoms with van der Waals surface area (Å²) >= 11 is 0. The highest BCUT2D eigenvalue weighted by molar-refractivity contribution is 5.91. The molecule has 166 valence electrons. The van der Waals surface area contributed by atoms with Crippen molar-refractivity contribution in [1.82, 2.24) is 15.3 Å². The van der Waals surface area contributed by atoms with Crippen molar-refractivity contribution in [3.63, 3.8) is 0 Å². The summed E-state index contributed by atoms with van der Waals surface area (Å²) in [6, 6.07) is 7.33. The summed E-state index contributed by atoms with van der Waals surface area (Å²) < 4.78 is 16.2. The zero-order valence-corrected chi connectivity index (χ0v) is 18.4. The third-order valence-electron chi connectivity index (χ3n) is 4.97. The minimum absolute atomic E-state index is 0.203. The first-order valence-corrected chi connectivity index (χ1v) is 10.5. The molecule has 3 rings (SSSR count). The third-order valence-corrected chi connectivity index (χ3v) is 4.97. The van der Waals surface area contributed by atoms with Crippen LogP contribution in [0.3, 0.4) is 0 Å². The van der Waals surface area contributed by atoms with Gasteiger partial charge in [0.15, 0.2) is 11.5 Å². The van der Waals surface area contributed by atoms with Crippen molar-refractivity contribution in [1.29, 1.82) is 0 Å². The predicted molar refractivity (Wildman–Crippen MR) is 120 cm³/mol. The van der Waals surface area contributed by atoms with E-state index >= 15 is 0 Å². The molecule has 2 aromatic rings. The van der Waals surface area contributed by atoms with Gasteiger partial charge in [-0.3, -0.25) is 4.79 Å². The highest BCUT2D eigenvalue weighted by Crippen LogP contribution is 2.28. The smallest absolute Gasteiger partial charge is 0.244 e. The lowest BCUT2D eigenvalue weighted by Gasteiger charge is -2.28. The molecule has 1 N–H and O–H groups in total. The van der Waals surface area contributed by atoms with E-state index in [0.29, 0.717) is 36.4 Å². The predicted octanol–water partition coefficient (Wildman–Crippen LogP) is 3.00. The zero-order chi connectivity index (χ0) is 22.1. The van der Waals surface area contributed by atoms with Crippen LogP contribution >= 0.6 is 0 Å². The Balaban J connectivity index is 1.46. The number of anilines is 1. The van der Waals surface area contributed by atoms with Gasteiger partial charge in [0.05, 0.1) is 20.8 Å². The number of amides is 1. The lowest BCUT2D eigenvalue weighted by atomic mass is 10.1. The molecule has 0 aliphatic carbocycles. The quantitative estimate of drug-likeness (QED) is 0.487. The number of carbonyl (C=O) groups excluding carboxylic acids is 1. The molecule has 1 aromatic carbocycles. The fraction of sp³-hybridized carbons (Fsp3) is 0.435. The summed E-state index contributed by atoms with van der Waals surface area (Å²) in [4.78, 5) is 23.2. The molecule has 0 unspecified atom stereocenters. The van der Waals surface area contributed by atoms with Gasteiger partial charge in [-0.15, -0.1) is 0 Å². The molecule has 0 bridgehead atoms. The number of nitrogens with zero attached hydrogens (tertiary/aromatic N) is 3. The van der Waals surface area contributed by atoms with Crippen molar-refractivity contribution in [3.8, 4) is 17.4 Å². The summed E-state index contributed by atoms with van der Waals surface area (Å²) in [6.07, 6.45) is 6.83. The van der Waals surface area contributed by atoms with E-state index < -0.39 is 0 Å². The first kappa shape index (κ1) is 22.4. The molecular formula is C23H30N4O4. The van der Waals surface area contributed by atoms with Crippen LogP contribution in [0, 0.1) is 6.92 Å². The molecule has 1 fully saturated rings. The van der Waals surface area contributed by atoms with Crippen LogP contribution < -0.4 is 24.4 Å². The van der Waals surface area contributed by atoms with Crippen LogP contribution in [0.2, 0.25) is 0 Å². The summed E-state index contributed by atoms with van der Waals surface area (Å²) in [6.45, 7) is 4.58. The Bertz CT molecular complexity index is 910. The maximum Gasteiger partial charge on any atom is 0.244 e. The van der Waals surface area contributed by atoms with Crippen molar-refractivity contribution in [2.24, 2.45) is 0 Å². The topological polar surface area (TPSA) is 85.8 Å². The highest BCUT2D eigenvalue weighted by Gasteiger charge is 2.14. The van der Waals surface area contributed by atoms with E-state index in [1.807, 2.05) is 25.1 Å². The van der Waals surface area contributed by atoms with Crippen molar-refractivity contribution in [3.05, 3.63) is 41.7 Å². The van der Waals surface area contributed by atoms with Crippen LogP contribution in [0.5, 0.6) is 17.4 Å². The number of benzene rings is 1. The van der Waals surface area contributed by atoms with Crippen molar-refractivity contribution < 1.29 is 19.0 Å². The Morgan fingerprint density at radius 3 is 2.61 bits per heavy atom. The Hall–Kier alpha value is -3.29. The van der Waals surface area contributed by atoms with E-state index in [2.05, 4.69) is 20.2 Å². The Labute approximate surface area is 183 Å². The molecule has 1 aromatic heterocycles. The largest absolute Gasteiger partial charge is 0.493 e. The van der Waals surface area contributed by atoms with Gasteiger partial charge in [-0.25, -0.2) is 4.98 Å². The summed E-state index contributed by atoms with van der Waals surface area (Å²) in [5.41, 5.74) is 0.839. The fourth-order valence-electron chi connectivity index (χ4n) is 3.40. The summed E-state index contributed by atoms with van der Waals surface area (Å²) in [7, 11) is 3.16. The lowest BCUT2D eigenvalue weighted by Crippen LogP contribution is -2.30. The average molecular weight is 427 g/mol. The number of carbonyl (C=O) groups is 1. The molecule has 0 spiro atoms. The van der Waals surface area contributed by atoms with E-state index in [1.54, 1.807) is 26.4 Å². The number of hydrogen-bond acceptors (Lipinski definition) is 7. The van der Waals surface area contributed by atoms with Gasteiger partial charge in [0.2, 0.25) is 11.8 Å². The van der Waals surface area contributed by atoms with Crippen LogP contribution in [-0.2, 0) is 4.79 Å². The van der Waals surface area contributed by atoms with E-state index in [-0.39, 0.29) is 5.91 Å². The normalized spacial score (nSPS) is 13.8. The number of aromatic nitrogens is 2. The maximum atomic E-state index is 12.1. The number of ether oxygens (including phenoxy) is 3. The maximum absolute atomic E-state index is 12.1. The Morgan fingerprint density at radius 1 is 1.10 bits per heavy atom. The Morgan fingerprint density at radius 2 is 1.87 bits per heavy atom. The first-order chi connectivity index (χ1) is 15.1. The van der Waals surface area contributed by atoms with Gasteiger partial charge in [0.25, 0.3) is 0 Å². The molecule has 8 heteroatoms. The monoisotopic (exact) mass is 426 g/mol. The van der Waals surface area contributed by atoms with E-state index in [1.165, 1.54) is 25.3 Å². The number of aryl methyl sites for hydroxylation is 1. The molecule has 31 heavy (non-hydrogen) atoms. The second-order valence-electron chi connectivity index (χ2n) is 7.25. The molecule has 1 aliphatic heterocycles. The number of methoxy groups -OCH3 is 2. The zero-order valence-electron chi connectivity index (χ0n) is 18.4. The standard InChI is InChI=1S/C23H30N4O4/c1-17-25-21(27-12-5-4-6-13-27)16-23(26-17)31-14-11-24-22(28)10-8-18-7-9-19(29-2)20(15-18)30-3/h7-10,15-16H,4-6,11-14H2,1-3H3,(H,24,28). The first-order valence-electron chi connectivity index (χ1n) is 10.5. The molecule has 0 saturated carbocycles. The SMILES string of the molecule is COc1ccc(C=CC(=O)NCCOc2cc(N3CCCCC3)nc(C)n2)cc1OC. The van der Waals surface area contributed by atoms with Crippen LogP contribution in [0.25, 0.3) is 6.08 Å². The molecular weight excluding hydrogens is 396 g/mol. The second kappa shape index (κ2) is 11.2. The molecule has 1 saturated heterocycles. The van der Waals surface area contributed by atoms with Crippen LogP contribution in [0.1, 0.15) is 30.7 Å². The van der Waals surface area contributed by atoms with Crippen LogP contribution in [-0.4, -0.2) is 56.3 Å². The molecule has 0 atom stereocenters. The van der Waals surface area contributed by atoms with Crippen LogP contribution in [0.15, 0.2) is 30.3 Å². The summed E-state index contributed by atoms with van der Waals surface area (Å²) in [5, 5.41) is 2.81. The second-order valence-corrected chi connectivity index (χ2v) is 7.25. The number of nitrogens with one attached hydrogen (secondary N) is 1. The number of piperidine rings is 1. The number of rotatable bonds is 9. The average Bonchev–Trinajstić information content (AvgIpc) is 2.80. The lowest BCUT2D eigenvalue weighted by molar-refractivity contribution is -0.116. The van der Waals surface area contributed by atoms with Crippen molar-refractivity contribution in [2.75, 3.05) is 45.4 Å².